The van der Waals surface area contributed by atoms with Crippen LogP contribution in [0.2, 0.25) is 0 Å². The third-order valence-corrected chi connectivity index (χ3v) is 4.91. The molecule has 3 aromatic rings. The molecule has 0 radical (unpaired) electrons. The number of benzene rings is 1. The average molecular weight is 365 g/mol. The highest BCUT2D eigenvalue weighted by Gasteiger charge is 2.31. The van der Waals surface area contributed by atoms with Crippen LogP contribution in [0.1, 0.15) is 48.3 Å². The van der Waals surface area contributed by atoms with Gasteiger partial charge in [-0.3, -0.25) is 9.36 Å². The normalized spacial score (nSPS) is 16.6. The highest BCUT2D eigenvalue weighted by Crippen LogP contribution is 2.28. The van der Waals surface area contributed by atoms with Gasteiger partial charge in [-0.2, -0.15) is 0 Å². The number of aryl methyl sites for hydroxylation is 1. The lowest BCUT2D eigenvalue weighted by molar-refractivity contribution is 0.0660. The van der Waals surface area contributed by atoms with E-state index in [2.05, 4.69) is 38.8 Å². The molecule has 1 aliphatic heterocycles. The Hall–Kier alpha value is -3.03. The Morgan fingerprint density at radius 3 is 2.74 bits per heavy atom. The number of fused-ring (bicyclic) bond motifs is 1. The van der Waals surface area contributed by atoms with Crippen molar-refractivity contribution in [3.63, 3.8) is 0 Å². The molecule has 0 N–H and O–H groups in total. The average Bonchev–Trinajstić information content (AvgIpc) is 3.31. The fourth-order valence-electron chi connectivity index (χ4n) is 3.76. The first kappa shape index (κ1) is 17.4. The SMILES string of the molecule is Cc1nnc2n1[C@@H](CC(C)C)CN(C(=O)c1cccc(-n3cnnc3)c1)C2. The fraction of sp³-hybridized carbons (Fsp3) is 0.421. The van der Waals surface area contributed by atoms with Crippen molar-refractivity contribution in [2.45, 2.75) is 39.8 Å². The third-order valence-electron chi connectivity index (χ3n) is 4.91. The maximum Gasteiger partial charge on any atom is 0.254 e. The van der Waals surface area contributed by atoms with Gasteiger partial charge in [0.05, 0.1) is 12.6 Å². The van der Waals surface area contributed by atoms with Crippen molar-refractivity contribution in [2.24, 2.45) is 5.92 Å². The fourth-order valence-corrected chi connectivity index (χ4v) is 3.76. The summed E-state index contributed by atoms with van der Waals surface area (Å²) in [6, 6.07) is 7.72. The number of hydrogen-bond donors (Lipinski definition) is 0. The van der Waals surface area contributed by atoms with Crippen LogP contribution in [0.3, 0.4) is 0 Å². The summed E-state index contributed by atoms with van der Waals surface area (Å²) in [6.07, 6.45) is 4.22. The van der Waals surface area contributed by atoms with Gasteiger partial charge in [-0.1, -0.05) is 19.9 Å². The van der Waals surface area contributed by atoms with Gasteiger partial charge in [-0.05, 0) is 37.5 Å². The molecular weight excluding hydrogens is 342 g/mol. The molecule has 27 heavy (non-hydrogen) atoms. The predicted octanol–water partition coefficient (Wildman–Crippen LogP) is 2.41. The second kappa shape index (κ2) is 6.94. The summed E-state index contributed by atoms with van der Waals surface area (Å²) in [4.78, 5) is 15.1. The van der Waals surface area contributed by atoms with Crippen LogP contribution in [-0.4, -0.2) is 46.9 Å². The summed E-state index contributed by atoms with van der Waals surface area (Å²) in [5.41, 5.74) is 1.51. The molecule has 0 bridgehead atoms. The first-order chi connectivity index (χ1) is 13.0. The number of amides is 1. The summed E-state index contributed by atoms with van der Waals surface area (Å²) >= 11 is 0. The Morgan fingerprint density at radius 2 is 2.00 bits per heavy atom. The molecule has 1 atom stereocenters. The molecule has 0 saturated heterocycles. The zero-order valence-corrected chi connectivity index (χ0v) is 15.8. The number of rotatable bonds is 4. The van der Waals surface area contributed by atoms with Crippen molar-refractivity contribution in [1.82, 2.24) is 34.4 Å². The monoisotopic (exact) mass is 365 g/mol. The van der Waals surface area contributed by atoms with E-state index in [1.807, 2.05) is 36.1 Å². The Morgan fingerprint density at radius 1 is 1.22 bits per heavy atom. The highest BCUT2D eigenvalue weighted by atomic mass is 16.2. The Balaban J connectivity index is 1.62. The first-order valence-corrected chi connectivity index (χ1v) is 9.17. The van der Waals surface area contributed by atoms with Crippen LogP contribution in [0, 0.1) is 12.8 Å². The minimum Gasteiger partial charge on any atom is -0.329 e. The van der Waals surface area contributed by atoms with Crippen molar-refractivity contribution in [3.05, 3.63) is 54.1 Å². The summed E-state index contributed by atoms with van der Waals surface area (Å²) in [5.74, 6) is 2.30. The number of aromatic nitrogens is 6. The third kappa shape index (κ3) is 3.34. The van der Waals surface area contributed by atoms with Crippen LogP contribution in [-0.2, 0) is 6.54 Å². The van der Waals surface area contributed by atoms with E-state index in [9.17, 15) is 4.79 Å². The second-order valence-electron chi connectivity index (χ2n) is 7.42. The van der Waals surface area contributed by atoms with E-state index in [0.717, 1.165) is 23.8 Å². The van der Waals surface area contributed by atoms with Gasteiger partial charge < -0.3 is 9.47 Å². The Kier molecular flexibility index (Phi) is 4.47. The van der Waals surface area contributed by atoms with E-state index in [4.69, 9.17) is 0 Å². The minimum absolute atomic E-state index is 0.00517. The number of hydrogen-bond acceptors (Lipinski definition) is 5. The Labute approximate surface area is 157 Å². The van der Waals surface area contributed by atoms with Gasteiger partial charge in [0, 0.05) is 17.8 Å². The van der Waals surface area contributed by atoms with E-state index in [0.29, 0.717) is 24.6 Å². The van der Waals surface area contributed by atoms with Crippen LogP contribution >= 0.6 is 0 Å². The van der Waals surface area contributed by atoms with Gasteiger partial charge in [0.15, 0.2) is 5.82 Å². The van der Waals surface area contributed by atoms with Crippen molar-refractivity contribution in [1.29, 1.82) is 0 Å². The smallest absolute Gasteiger partial charge is 0.254 e. The summed E-state index contributed by atoms with van der Waals surface area (Å²) in [5, 5.41) is 16.2. The topological polar surface area (TPSA) is 81.7 Å². The van der Waals surface area contributed by atoms with Gasteiger partial charge >= 0.3 is 0 Å². The second-order valence-corrected chi connectivity index (χ2v) is 7.42. The summed E-state index contributed by atoms with van der Waals surface area (Å²) in [7, 11) is 0. The van der Waals surface area contributed by atoms with E-state index >= 15 is 0 Å². The van der Waals surface area contributed by atoms with Crippen LogP contribution in [0.5, 0.6) is 0 Å². The molecule has 0 fully saturated rings. The van der Waals surface area contributed by atoms with E-state index in [1.165, 1.54) is 0 Å². The van der Waals surface area contributed by atoms with Gasteiger partial charge in [-0.15, -0.1) is 20.4 Å². The molecule has 0 spiro atoms. The lowest BCUT2D eigenvalue weighted by atomic mass is 10.0. The number of carbonyl (C=O) groups excluding carboxylic acids is 1. The zero-order chi connectivity index (χ0) is 19.0. The van der Waals surface area contributed by atoms with Crippen LogP contribution in [0.25, 0.3) is 5.69 Å². The number of nitrogens with zero attached hydrogens (tertiary/aromatic N) is 7. The molecule has 8 nitrogen and oxygen atoms in total. The van der Waals surface area contributed by atoms with Crippen LogP contribution in [0.15, 0.2) is 36.9 Å². The predicted molar refractivity (Wildman–Crippen MR) is 99.4 cm³/mol. The molecule has 0 aliphatic carbocycles. The van der Waals surface area contributed by atoms with E-state index < -0.39 is 0 Å². The quantitative estimate of drug-likeness (QED) is 0.709. The van der Waals surface area contributed by atoms with Gasteiger partial charge in [0.25, 0.3) is 5.91 Å². The highest BCUT2D eigenvalue weighted by molar-refractivity contribution is 5.94. The van der Waals surface area contributed by atoms with Crippen molar-refractivity contribution < 1.29 is 4.79 Å². The van der Waals surface area contributed by atoms with Gasteiger partial charge in [0.2, 0.25) is 0 Å². The molecule has 8 heteroatoms. The lowest BCUT2D eigenvalue weighted by Gasteiger charge is -2.35. The molecule has 1 aliphatic rings. The molecular formula is C19H23N7O. The Bertz CT molecular complexity index is 945. The van der Waals surface area contributed by atoms with E-state index in [-0.39, 0.29) is 11.9 Å². The molecule has 1 amide bonds. The lowest BCUT2D eigenvalue weighted by Crippen LogP contribution is -2.42. The standard InChI is InChI=1S/C19H23N7O/c1-13(2)7-17-9-24(10-18-23-22-14(3)26(17)18)19(27)15-5-4-6-16(8-15)25-11-20-21-12-25/h4-6,8,11-13,17H,7,9-10H2,1-3H3/t17-/m0/s1. The molecule has 3 heterocycles. The van der Waals surface area contributed by atoms with Crippen LogP contribution in [0.4, 0.5) is 0 Å². The van der Waals surface area contributed by atoms with Crippen LogP contribution < -0.4 is 0 Å². The molecule has 140 valence electrons. The maximum atomic E-state index is 13.2. The van der Waals surface area contributed by atoms with E-state index in [1.54, 1.807) is 17.2 Å². The largest absolute Gasteiger partial charge is 0.329 e. The molecule has 2 aromatic heterocycles. The van der Waals surface area contributed by atoms with Gasteiger partial charge in [0.1, 0.15) is 18.5 Å². The van der Waals surface area contributed by atoms with Crippen molar-refractivity contribution >= 4 is 5.91 Å². The molecule has 4 rings (SSSR count). The molecule has 1 aromatic carbocycles. The van der Waals surface area contributed by atoms with Crippen molar-refractivity contribution in [2.75, 3.05) is 6.54 Å². The molecule has 0 saturated carbocycles. The summed E-state index contributed by atoms with van der Waals surface area (Å²) < 4.78 is 3.98. The van der Waals surface area contributed by atoms with Crippen molar-refractivity contribution in [3.8, 4) is 5.69 Å². The minimum atomic E-state index is 0.00517. The molecule has 0 unspecified atom stereocenters. The summed E-state index contributed by atoms with van der Waals surface area (Å²) in [6.45, 7) is 7.51. The maximum absolute atomic E-state index is 13.2. The number of carbonyl (C=O) groups is 1. The first-order valence-electron chi connectivity index (χ1n) is 9.17. The zero-order valence-electron chi connectivity index (χ0n) is 15.8. The van der Waals surface area contributed by atoms with Gasteiger partial charge in [-0.25, -0.2) is 0 Å².